The molecule has 94 valence electrons. The Morgan fingerprint density at radius 1 is 1.44 bits per heavy atom. The second-order valence-electron chi connectivity index (χ2n) is 3.62. The number of benzene rings is 1. The highest BCUT2D eigenvalue weighted by Crippen LogP contribution is 2.20. The van der Waals surface area contributed by atoms with Gasteiger partial charge in [0.15, 0.2) is 0 Å². The third-order valence-corrected chi connectivity index (χ3v) is 3.47. The highest BCUT2D eigenvalue weighted by molar-refractivity contribution is 9.10. The fourth-order valence-corrected chi connectivity index (χ4v) is 2.46. The first-order valence-electron chi connectivity index (χ1n) is 5.40. The molecule has 1 N–H and O–H groups in total. The Hall–Kier alpha value is -1.14. The van der Waals surface area contributed by atoms with Crippen LogP contribution in [0.15, 0.2) is 39.4 Å². The number of rotatable bonds is 3. The smallest absolute Gasteiger partial charge is 0.275 e. The van der Waals surface area contributed by atoms with Gasteiger partial charge in [0, 0.05) is 16.7 Å². The number of hydrogen-bond acceptors (Lipinski definition) is 2. The molecule has 0 saturated heterocycles. The molecule has 0 aliphatic heterocycles. The summed E-state index contributed by atoms with van der Waals surface area (Å²) < 4.78 is 3.26. The fraction of sp³-hybridized carbons (Fsp3) is 0.167. The Morgan fingerprint density at radius 2 is 2.22 bits per heavy atom. The molecule has 0 fully saturated rings. The summed E-state index contributed by atoms with van der Waals surface area (Å²) in [6.45, 7) is 2.59. The first-order valence-corrected chi connectivity index (χ1v) is 6.98. The molecule has 18 heavy (non-hydrogen) atoms. The van der Waals surface area contributed by atoms with E-state index >= 15 is 0 Å². The van der Waals surface area contributed by atoms with Crippen LogP contribution in [0.1, 0.15) is 17.4 Å². The minimum Gasteiger partial charge on any atom is -0.321 e. The Kier molecular flexibility index (Phi) is 4.19. The number of nitrogens with zero attached hydrogens (tertiary/aromatic N) is 2. The standard InChI is InChI=1S/C12H11Br2N3O/c1-2-17-11(10(14)7-15-17)12(18)16-9-5-3-4-8(13)6-9/h3-7H,2H2,1H3,(H,16,18). The highest BCUT2D eigenvalue weighted by Gasteiger charge is 2.16. The van der Waals surface area contributed by atoms with Crippen LogP contribution in [0.3, 0.4) is 0 Å². The lowest BCUT2D eigenvalue weighted by Crippen LogP contribution is -2.17. The zero-order chi connectivity index (χ0) is 13.1. The second kappa shape index (κ2) is 5.67. The number of hydrogen-bond donors (Lipinski definition) is 1. The Labute approximate surface area is 122 Å². The van der Waals surface area contributed by atoms with Gasteiger partial charge < -0.3 is 5.32 Å². The summed E-state index contributed by atoms with van der Waals surface area (Å²) in [6, 6.07) is 7.45. The quantitative estimate of drug-likeness (QED) is 0.893. The molecule has 0 aliphatic rings. The lowest BCUT2D eigenvalue weighted by atomic mass is 10.3. The average Bonchev–Trinajstić information content (AvgIpc) is 2.70. The van der Waals surface area contributed by atoms with Crippen LogP contribution in [0, 0.1) is 0 Å². The average molecular weight is 373 g/mol. The number of nitrogens with one attached hydrogen (secondary N) is 1. The highest BCUT2D eigenvalue weighted by atomic mass is 79.9. The maximum Gasteiger partial charge on any atom is 0.275 e. The van der Waals surface area contributed by atoms with E-state index in [0.29, 0.717) is 16.7 Å². The number of anilines is 1. The van der Waals surface area contributed by atoms with Crippen LogP contribution >= 0.6 is 31.9 Å². The molecule has 6 heteroatoms. The van der Waals surface area contributed by atoms with Gasteiger partial charge in [-0.05, 0) is 41.1 Å². The van der Waals surface area contributed by atoms with Gasteiger partial charge in [0.2, 0.25) is 0 Å². The zero-order valence-corrected chi connectivity index (χ0v) is 12.8. The summed E-state index contributed by atoms with van der Waals surface area (Å²) in [6.07, 6.45) is 1.62. The maximum atomic E-state index is 12.2. The minimum atomic E-state index is -0.181. The van der Waals surface area contributed by atoms with Crippen LogP contribution < -0.4 is 5.32 Å². The van der Waals surface area contributed by atoms with Crippen LogP contribution in [0.4, 0.5) is 5.69 Å². The molecule has 0 spiro atoms. The molecule has 1 amide bonds. The summed E-state index contributed by atoms with van der Waals surface area (Å²) in [5, 5.41) is 6.96. The van der Waals surface area contributed by atoms with Crippen molar-refractivity contribution in [1.82, 2.24) is 9.78 Å². The van der Waals surface area contributed by atoms with Crippen molar-refractivity contribution >= 4 is 43.5 Å². The van der Waals surface area contributed by atoms with Gasteiger partial charge in [0.05, 0.1) is 10.7 Å². The molecule has 1 heterocycles. The molecular formula is C12H11Br2N3O. The largest absolute Gasteiger partial charge is 0.321 e. The number of aryl methyl sites for hydroxylation is 1. The zero-order valence-electron chi connectivity index (χ0n) is 9.65. The third kappa shape index (κ3) is 2.81. The first kappa shape index (κ1) is 13.3. The normalized spacial score (nSPS) is 10.4. The minimum absolute atomic E-state index is 0.181. The van der Waals surface area contributed by atoms with E-state index in [-0.39, 0.29) is 5.91 Å². The van der Waals surface area contributed by atoms with Crippen molar-refractivity contribution < 1.29 is 4.79 Å². The molecule has 0 unspecified atom stereocenters. The SMILES string of the molecule is CCn1ncc(Br)c1C(=O)Nc1cccc(Br)c1. The van der Waals surface area contributed by atoms with E-state index in [1.165, 1.54) is 0 Å². The van der Waals surface area contributed by atoms with Crippen LogP contribution in [-0.4, -0.2) is 15.7 Å². The van der Waals surface area contributed by atoms with Gasteiger partial charge in [0.25, 0.3) is 5.91 Å². The van der Waals surface area contributed by atoms with Gasteiger partial charge in [0.1, 0.15) is 5.69 Å². The summed E-state index contributed by atoms with van der Waals surface area (Å²) in [4.78, 5) is 12.2. The Balaban J connectivity index is 2.24. The molecule has 4 nitrogen and oxygen atoms in total. The molecule has 0 bridgehead atoms. The Bertz CT molecular complexity index is 580. The lowest BCUT2D eigenvalue weighted by molar-refractivity contribution is 0.101. The summed E-state index contributed by atoms with van der Waals surface area (Å²) in [5.41, 5.74) is 1.27. The number of aromatic nitrogens is 2. The van der Waals surface area contributed by atoms with E-state index in [4.69, 9.17) is 0 Å². The molecule has 0 atom stereocenters. The van der Waals surface area contributed by atoms with Gasteiger partial charge in [-0.2, -0.15) is 5.10 Å². The van der Waals surface area contributed by atoms with Gasteiger partial charge in [-0.15, -0.1) is 0 Å². The van der Waals surface area contributed by atoms with E-state index < -0.39 is 0 Å². The predicted octanol–water partition coefficient (Wildman–Crippen LogP) is 3.68. The van der Waals surface area contributed by atoms with Crippen molar-refractivity contribution in [2.75, 3.05) is 5.32 Å². The van der Waals surface area contributed by atoms with Gasteiger partial charge in [-0.3, -0.25) is 9.48 Å². The fourth-order valence-electron chi connectivity index (χ4n) is 1.58. The molecule has 0 radical (unpaired) electrons. The van der Waals surface area contributed by atoms with Gasteiger partial charge >= 0.3 is 0 Å². The molecule has 2 aromatic rings. The van der Waals surface area contributed by atoms with E-state index in [0.717, 1.165) is 10.2 Å². The van der Waals surface area contributed by atoms with Gasteiger partial charge in [-0.25, -0.2) is 0 Å². The topological polar surface area (TPSA) is 46.9 Å². The predicted molar refractivity (Wildman–Crippen MR) is 77.7 cm³/mol. The number of amides is 1. The van der Waals surface area contributed by atoms with Crippen LogP contribution in [-0.2, 0) is 6.54 Å². The first-order chi connectivity index (χ1) is 8.61. The van der Waals surface area contributed by atoms with Crippen LogP contribution in [0.25, 0.3) is 0 Å². The van der Waals surface area contributed by atoms with E-state index in [9.17, 15) is 4.79 Å². The summed E-state index contributed by atoms with van der Waals surface area (Å²) >= 11 is 6.70. The third-order valence-electron chi connectivity index (χ3n) is 2.39. The van der Waals surface area contributed by atoms with Crippen molar-refractivity contribution in [2.24, 2.45) is 0 Å². The monoisotopic (exact) mass is 371 g/mol. The summed E-state index contributed by atoms with van der Waals surface area (Å²) in [7, 11) is 0. The van der Waals surface area contributed by atoms with E-state index in [1.54, 1.807) is 10.9 Å². The molecule has 1 aromatic carbocycles. The maximum absolute atomic E-state index is 12.2. The molecule has 1 aromatic heterocycles. The van der Waals surface area contributed by atoms with E-state index in [2.05, 4.69) is 42.3 Å². The lowest BCUT2D eigenvalue weighted by Gasteiger charge is -2.07. The van der Waals surface area contributed by atoms with Crippen molar-refractivity contribution in [3.8, 4) is 0 Å². The number of carbonyl (C=O) groups is 1. The van der Waals surface area contributed by atoms with E-state index in [1.807, 2.05) is 31.2 Å². The van der Waals surface area contributed by atoms with Crippen molar-refractivity contribution in [2.45, 2.75) is 13.5 Å². The molecule has 2 rings (SSSR count). The number of carbonyl (C=O) groups excluding carboxylic acids is 1. The summed E-state index contributed by atoms with van der Waals surface area (Å²) in [5.74, 6) is -0.181. The molecule has 0 aliphatic carbocycles. The van der Waals surface area contributed by atoms with Crippen LogP contribution in [0.2, 0.25) is 0 Å². The number of halogens is 2. The van der Waals surface area contributed by atoms with Crippen LogP contribution in [0.5, 0.6) is 0 Å². The molecular weight excluding hydrogens is 362 g/mol. The second-order valence-corrected chi connectivity index (χ2v) is 5.39. The van der Waals surface area contributed by atoms with Crippen molar-refractivity contribution in [3.05, 3.63) is 45.1 Å². The van der Waals surface area contributed by atoms with Gasteiger partial charge in [-0.1, -0.05) is 22.0 Å². The Morgan fingerprint density at radius 3 is 2.89 bits per heavy atom. The molecule has 0 saturated carbocycles. The van der Waals surface area contributed by atoms with Crippen molar-refractivity contribution in [3.63, 3.8) is 0 Å². The van der Waals surface area contributed by atoms with Crippen molar-refractivity contribution in [1.29, 1.82) is 0 Å².